The fourth-order valence-electron chi connectivity index (χ4n) is 1.52. The molecule has 1 aromatic rings. The molecule has 1 unspecified atom stereocenters. The summed E-state index contributed by atoms with van der Waals surface area (Å²) < 4.78 is 26.3. The lowest BCUT2D eigenvalue weighted by molar-refractivity contribution is -0.117. The number of benzene rings is 1. The van der Waals surface area contributed by atoms with E-state index < -0.39 is 16.1 Å². The van der Waals surface area contributed by atoms with Gasteiger partial charge in [0.25, 0.3) is 0 Å². The minimum Gasteiger partial charge on any atom is -0.325 e. The van der Waals surface area contributed by atoms with Crippen molar-refractivity contribution in [3.05, 3.63) is 24.3 Å². The lowest BCUT2D eigenvalue weighted by Gasteiger charge is -2.12. The van der Waals surface area contributed by atoms with Crippen molar-refractivity contribution in [2.45, 2.75) is 44.2 Å². The highest BCUT2D eigenvalue weighted by molar-refractivity contribution is 7.89. The second kappa shape index (κ2) is 6.83. The van der Waals surface area contributed by atoms with Crippen molar-refractivity contribution < 1.29 is 13.2 Å². The highest BCUT2D eigenvalue weighted by Gasteiger charge is 2.16. The summed E-state index contributed by atoms with van der Waals surface area (Å²) >= 11 is 0. The Bertz CT molecular complexity index is 553. The molecule has 0 aliphatic heterocycles. The number of nitrogens with one attached hydrogen (secondary N) is 2. The third-order valence-corrected chi connectivity index (χ3v) is 4.27. The Morgan fingerprint density at radius 1 is 1.25 bits per heavy atom. The van der Waals surface area contributed by atoms with Crippen LogP contribution in [0.3, 0.4) is 0 Å². The van der Waals surface area contributed by atoms with Crippen molar-refractivity contribution in [1.29, 1.82) is 0 Å². The minimum absolute atomic E-state index is 0.156. The van der Waals surface area contributed by atoms with Gasteiger partial charge in [-0.1, -0.05) is 6.92 Å². The van der Waals surface area contributed by atoms with E-state index in [0.717, 1.165) is 0 Å². The van der Waals surface area contributed by atoms with Gasteiger partial charge in [0.15, 0.2) is 0 Å². The molecule has 1 amide bonds. The van der Waals surface area contributed by atoms with Crippen LogP contribution in [0.2, 0.25) is 0 Å². The first-order chi connectivity index (χ1) is 9.26. The number of rotatable bonds is 6. The molecule has 1 atom stereocenters. The zero-order valence-electron chi connectivity index (χ0n) is 11.9. The van der Waals surface area contributed by atoms with Crippen molar-refractivity contribution in [2.75, 3.05) is 5.32 Å². The van der Waals surface area contributed by atoms with Crippen LogP contribution in [0.25, 0.3) is 0 Å². The zero-order chi connectivity index (χ0) is 15.3. The minimum atomic E-state index is -3.51. The summed E-state index contributed by atoms with van der Waals surface area (Å²) in [4.78, 5) is 11.8. The molecule has 6 nitrogen and oxygen atoms in total. The third-order valence-electron chi connectivity index (χ3n) is 2.60. The van der Waals surface area contributed by atoms with Gasteiger partial charge in [0, 0.05) is 11.7 Å². The van der Waals surface area contributed by atoms with E-state index in [4.69, 9.17) is 5.73 Å². The zero-order valence-corrected chi connectivity index (χ0v) is 12.7. The van der Waals surface area contributed by atoms with Gasteiger partial charge in [0.1, 0.15) is 0 Å². The molecule has 20 heavy (non-hydrogen) atoms. The number of carbonyl (C=O) groups is 1. The first-order valence-corrected chi connectivity index (χ1v) is 7.93. The van der Waals surface area contributed by atoms with E-state index in [9.17, 15) is 13.2 Å². The number of carbonyl (C=O) groups excluding carboxylic acids is 1. The van der Waals surface area contributed by atoms with Crippen LogP contribution in [0.4, 0.5) is 5.69 Å². The predicted molar refractivity (Wildman–Crippen MR) is 78.8 cm³/mol. The van der Waals surface area contributed by atoms with E-state index in [1.165, 1.54) is 24.3 Å². The lowest BCUT2D eigenvalue weighted by atomic mass is 10.2. The molecule has 0 aliphatic rings. The predicted octanol–water partition coefficient (Wildman–Crippen LogP) is 1.05. The van der Waals surface area contributed by atoms with E-state index in [-0.39, 0.29) is 16.8 Å². The fraction of sp³-hybridized carbons (Fsp3) is 0.462. The number of sulfonamides is 1. The maximum absolute atomic E-state index is 11.9. The molecule has 0 spiro atoms. The third kappa shape index (κ3) is 4.59. The van der Waals surface area contributed by atoms with E-state index in [1.54, 1.807) is 13.8 Å². The maximum Gasteiger partial charge on any atom is 0.241 e. The second-order valence-corrected chi connectivity index (χ2v) is 6.52. The summed E-state index contributed by atoms with van der Waals surface area (Å²) in [5, 5.41) is 2.63. The van der Waals surface area contributed by atoms with E-state index >= 15 is 0 Å². The van der Waals surface area contributed by atoms with E-state index in [0.29, 0.717) is 12.1 Å². The first kappa shape index (κ1) is 16.6. The van der Waals surface area contributed by atoms with Gasteiger partial charge in [0.2, 0.25) is 15.9 Å². The van der Waals surface area contributed by atoms with Crippen molar-refractivity contribution >= 4 is 21.6 Å². The number of nitrogens with two attached hydrogens (primary N) is 1. The van der Waals surface area contributed by atoms with Gasteiger partial charge in [-0.3, -0.25) is 4.79 Å². The van der Waals surface area contributed by atoms with Crippen molar-refractivity contribution in [3.8, 4) is 0 Å². The molecule has 1 aromatic carbocycles. The van der Waals surface area contributed by atoms with Gasteiger partial charge >= 0.3 is 0 Å². The number of hydrogen-bond donors (Lipinski definition) is 3. The molecule has 4 N–H and O–H groups in total. The summed E-state index contributed by atoms with van der Waals surface area (Å²) in [5.74, 6) is -0.289. The van der Waals surface area contributed by atoms with Crippen LogP contribution in [0.1, 0.15) is 27.2 Å². The van der Waals surface area contributed by atoms with Crippen LogP contribution in [-0.4, -0.2) is 26.4 Å². The van der Waals surface area contributed by atoms with Gasteiger partial charge < -0.3 is 11.1 Å². The highest BCUT2D eigenvalue weighted by atomic mass is 32.2. The monoisotopic (exact) mass is 299 g/mol. The molecule has 7 heteroatoms. The van der Waals surface area contributed by atoms with Crippen molar-refractivity contribution in [1.82, 2.24) is 4.72 Å². The Labute approximate surface area is 119 Å². The van der Waals surface area contributed by atoms with Gasteiger partial charge in [-0.05, 0) is 44.5 Å². The molecular formula is C13H21N3O3S. The Morgan fingerprint density at radius 3 is 2.25 bits per heavy atom. The lowest BCUT2D eigenvalue weighted by Crippen LogP contribution is -2.34. The first-order valence-electron chi connectivity index (χ1n) is 6.45. The van der Waals surface area contributed by atoms with Gasteiger partial charge in [-0.25, -0.2) is 13.1 Å². The standard InChI is InChI=1S/C13H21N3O3S/c1-4-12(14)13(17)15-10-5-7-11(8-6-10)20(18,19)16-9(2)3/h5-9,12,16H,4,14H2,1-3H3,(H,15,17). The van der Waals surface area contributed by atoms with Gasteiger partial charge in [-0.15, -0.1) is 0 Å². The molecule has 0 heterocycles. The average molecular weight is 299 g/mol. The molecular weight excluding hydrogens is 278 g/mol. The van der Waals surface area contributed by atoms with Crippen molar-refractivity contribution in [3.63, 3.8) is 0 Å². The van der Waals surface area contributed by atoms with Crippen LogP contribution in [-0.2, 0) is 14.8 Å². The molecule has 0 saturated carbocycles. The largest absolute Gasteiger partial charge is 0.325 e. The molecule has 112 valence electrons. The van der Waals surface area contributed by atoms with Crippen LogP contribution in [0.5, 0.6) is 0 Å². The number of hydrogen-bond acceptors (Lipinski definition) is 4. The smallest absolute Gasteiger partial charge is 0.241 e. The Balaban J connectivity index is 2.82. The molecule has 0 aliphatic carbocycles. The normalized spacial score (nSPS) is 13.2. The fourth-order valence-corrected chi connectivity index (χ4v) is 2.77. The molecule has 0 saturated heterocycles. The second-order valence-electron chi connectivity index (χ2n) is 4.80. The van der Waals surface area contributed by atoms with Crippen LogP contribution >= 0.6 is 0 Å². The van der Waals surface area contributed by atoms with E-state index in [2.05, 4.69) is 10.0 Å². The van der Waals surface area contributed by atoms with Crippen LogP contribution in [0, 0.1) is 0 Å². The Kier molecular flexibility index (Phi) is 5.67. The summed E-state index contributed by atoms with van der Waals surface area (Å²) in [6, 6.07) is 5.21. The van der Waals surface area contributed by atoms with E-state index in [1.807, 2.05) is 6.92 Å². The van der Waals surface area contributed by atoms with Crippen molar-refractivity contribution in [2.24, 2.45) is 5.73 Å². The van der Waals surface area contributed by atoms with Crippen LogP contribution in [0.15, 0.2) is 29.2 Å². The summed E-state index contributed by atoms with van der Waals surface area (Å²) in [7, 11) is -3.51. The summed E-state index contributed by atoms with van der Waals surface area (Å²) in [5.41, 5.74) is 6.12. The molecule has 0 aromatic heterocycles. The van der Waals surface area contributed by atoms with Gasteiger partial charge in [0.05, 0.1) is 10.9 Å². The highest BCUT2D eigenvalue weighted by Crippen LogP contribution is 2.14. The van der Waals surface area contributed by atoms with Crippen LogP contribution < -0.4 is 15.8 Å². The van der Waals surface area contributed by atoms with Gasteiger partial charge in [-0.2, -0.15) is 0 Å². The molecule has 1 rings (SSSR count). The summed E-state index contributed by atoms with van der Waals surface area (Å²) in [6.45, 7) is 5.31. The Morgan fingerprint density at radius 2 is 1.80 bits per heavy atom. The average Bonchev–Trinajstić information content (AvgIpc) is 2.36. The SMILES string of the molecule is CCC(N)C(=O)Nc1ccc(S(=O)(=O)NC(C)C)cc1. The number of amides is 1. The maximum atomic E-state index is 11.9. The topological polar surface area (TPSA) is 101 Å². The number of anilines is 1. The summed E-state index contributed by atoms with van der Waals surface area (Å²) in [6.07, 6.45) is 0.538. The Hall–Kier alpha value is -1.44. The molecule has 0 bridgehead atoms. The quantitative estimate of drug-likeness (QED) is 0.730. The molecule has 0 fully saturated rings. The molecule has 0 radical (unpaired) electrons.